The van der Waals surface area contributed by atoms with Gasteiger partial charge in [0.05, 0.1) is 22.3 Å². The first-order valence-corrected chi connectivity index (χ1v) is 8.73. The van der Waals surface area contributed by atoms with Crippen LogP contribution < -0.4 is 5.73 Å². The Morgan fingerprint density at radius 2 is 2.12 bits per heavy atom. The highest BCUT2D eigenvalue weighted by Gasteiger charge is 2.26. The minimum atomic E-state index is -0.0444. The van der Waals surface area contributed by atoms with Crippen molar-refractivity contribution in [2.24, 2.45) is 5.73 Å². The summed E-state index contributed by atoms with van der Waals surface area (Å²) < 4.78 is 0. The van der Waals surface area contributed by atoms with Crippen LogP contribution in [0.4, 0.5) is 0 Å². The quantitative estimate of drug-likeness (QED) is 0.656. The second-order valence-electron chi connectivity index (χ2n) is 6.79. The normalized spacial score (nSPS) is 17.6. The van der Waals surface area contributed by atoms with Gasteiger partial charge in [0.25, 0.3) is 5.91 Å². The van der Waals surface area contributed by atoms with Crippen LogP contribution >= 0.6 is 0 Å². The fraction of sp³-hybridized carbons (Fsp3) is 0.316. The van der Waals surface area contributed by atoms with Crippen molar-refractivity contribution in [3.63, 3.8) is 0 Å². The highest BCUT2D eigenvalue weighted by Crippen LogP contribution is 2.28. The number of carbonyl (C=O) groups excluding carboxylic acids is 1. The predicted molar refractivity (Wildman–Crippen MR) is 98.8 cm³/mol. The molecule has 0 aliphatic carbocycles. The number of H-pyrrole nitrogens is 1. The Balaban J connectivity index is 1.82. The lowest BCUT2D eigenvalue weighted by atomic mass is 10.0. The number of nitrogens with one attached hydrogen (secondary N) is 1. The number of aromatic nitrogens is 3. The zero-order valence-corrected chi connectivity index (χ0v) is 14.6. The number of likely N-dealkylation sites (tertiary alicyclic amines) is 1. The Bertz CT molecular complexity index is 964. The first-order valence-electron chi connectivity index (χ1n) is 8.73. The van der Waals surface area contributed by atoms with Crippen LogP contribution in [0.25, 0.3) is 22.3 Å². The van der Waals surface area contributed by atoms with Crippen LogP contribution in [-0.4, -0.2) is 50.2 Å². The monoisotopic (exact) mass is 351 g/mol. The molecule has 4 N–H and O–H groups in total. The minimum absolute atomic E-state index is 0.0204. The standard InChI is InChI=1S/C19H21N5O2/c1-11-17-15(19(26)24-8-2-3-13(20)10-24)9-16(21-18(17)23-22-11)12-4-6-14(25)7-5-12/h4-7,9,13,25H,2-3,8,10,20H2,1H3,(H,21,22,23). The van der Waals surface area contributed by atoms with E-state index < -0.39 is 0 Å². The van der Waals surface area contributed by atoms with E-state index in [1.807, 2.05) is 11.8 Å². The Hall–Kier alpha value is -2.93. The average molecular weight is 351 g/mol. The maximum absolute atomic E-state index is 13.2. The highest BCUT2D eigenvalue weighted by atomic mass is 16.3. The van der Waals surface area contributed by atoms with E-state index in [2.05, 4.69) is 15.2 Å². The molecule has 4 rings (SSSR count). The van der Waals surface area contributed by atoms with E-state index in [0.29, 0.717) is 30.0 Å². The topological polar surface area (TPSA) is 108 Å². The number of nitrogens with zero attached hydrogens (tertiary/aromatic N) is 3. The first-order chi connectivity index (χ1) is 12.5. The van der Waals surface area contributed by atoms with Crippen molar-refractivity contribution in [1.29, 1.82) is 0 Å². The van der Waals surface area contributed by atoms with Crippen LogP contribution in [0, 0.1) is 6.92 Å². The number of phenols is 1. The molecule has 1 amide bonds. The second kappa shape index (κ2) is 6.42. The molecule has 1 unspecified atom stereocenters. The zero-order chi connectivity index (χ0) is 18.3. The first kappa shape index (κ1) is 16.5. The summed E-state index contributed by atoms with van der Waals surface area (Å²) in [6.07, 6.45) is 1.86. The summed E-state index contributed by atoms with van der Waals surface area (Å²) in [6, 6.07) is 8.58. The van der Waals surface area contributed by atoms with Gasteiger partial charge in [-0.1, -0.05) is 0 Å². The van der Waals surface area contributed by atoms with Gasteiger partial charge in [0.1, 0.15) is 5.75 Å². The van der Waals surface area contributed by atoms with Gasteiger partial charge in [0.2, 0.25) is 0 Å². The third kappa shape index (κ3) is 2.90. The largest absolute Gasteiger partial charge is 0.508 e. The summed E-state index contributed by atoms with van der Waals surface area (Å²) in [6.45, 7) is 3.13. The average Bonchev–Trinajstić information content (AvgIpc) is 3.02. The van der Waals surface area contributed by atoms with Gasteiger partial charge in [0, 0.05) is 24.7 Å². The molecule has 1 aromatic carbocycles. The van der Waals surface area contributed by atoms with E-state index in [1.54, 1.807) is 30.3 Å². The summed E-state index contributed by atoms with van der Waals surface area (Å²) in [4.78, 5) is 19.6. The number of piperidine rings is 1. The number of phenolic OH excluding ortho intramolecular Hbond substituents is 1. The third-order valence-electron chi connectivity index (χ3n) is 4.85. The van der Waals surface area contributed by atoms with Gasteiger partial charge in [-0.15, -0.1) is 0 Å². The number of aromatic amines is 1. The molecule has 1 saturated heterocycles. The predicted octanol–water partition coefficient (Wildman–Crippen LogP) is 2.20. The molecular formula is C19H21N5O2. The summed E-state index contributed by atoms with van der Waals surface area (Å²) in [5.41, 5.74) is 9.44. The number of aryl methyl sites for hydroxylation is 1. The molecule has 26 heavy (non-hydrogen) atoms. The molecule has 0 spiro atoms. The smallest absolute Gasteiger partial charge is 0.254 e. The van der Waals surface area contributed by atoms with Crippen molar-refractivity contribution in [2.45, 2.75) is 25.8 Å². The number of hydrogen-bond acceptors (Lipinski definition) is 5. The summed E-state index contributed by atoms with van der Waals surface area (Å²) >= 11 is 0. The SMILES string of the molecule is Cc1n[nH]c2nc(-c3ccc(O)cc3)cc(C(=O)N3CCCC(N)C3)c12. The van der Waals surface area contributed by atoms with E-state index in [0.717, 1.165) is 29.5 Å². The van der Waals surface area contributed by atoms with Crippen LogP contribution in [0.2, 0.25) is 0 Å². The molecule has 1 fully saturated rings. The van der Waals surface area contributed by atoms with Gasteiger partial charge < -0.3 is 15.7 Å². The molecule has 7 heteroatoms. The van der Waals surface area contributed by atoms with Gasteiger partial charge in [0.15, 0.2) is 5.65 Å². The Morgan fingerprint density at radius 3 is 2.85 bits per heavy atom. The molecule has 134 valence electrons. The van der Waals surface area contributed by atoms with Crippen LogP contribution in [0.15, 0.2) is 30.3 Å². The number of aromatic hydroxyl groups is 1. The maximum atomic E-state index is 13.2. The molecule has 0 saturated carbocycles. The lowest BCUT2D eigenvalue weighted by Crippen LogP contribution is -2.45. The van der Waals surface area contributed by atoms with Gasteiger partial charge in [-0.05, 0) is 50.1 Å². The van der Waals surface area contributed by atoms with Gasteiger partial charge in [-0.2, -0.15) is 5.10 Å². The van der Waals surface area contributed by atoms with Crippen molar-refractivity contribution in [2.75, 3.05) is 13.1 Å². The maximum Gasteiger partial charge on any atom is 0.254 e. The van der Waals surface area contributed by atoms with E-state index in [1.165, 1.54) is 0 Å². The molecule has 1 aliphatic heterocycles. The van der Waals surface area contributed by atoms with Crippen LogP contribution in [0.3, 0.4) is 0 Å². The molecule has 3 heterocycles. The van der Waals surface area contributed by atoms with Crippen LogP contribution in [0.5, 0.6) is 5.75 Å². The Labute approximate surface area is 150 Å². The number of pyridine rings is 1. The number of rotatable bonds is 2. The number of hydrogen-bond donors (Lipinski definition) is 3. The molecule has 1 atom stereocenters. The van der Waals surface area contributed by atoms with E-state index >= 15 is 0 Å². The minimum Gasteiger partial charge on any atom is -0.508 e. The molecule has 2 aromatic heterocycles. The van der Waals surface area contributed by atoms with Crippen LogP contribution in [0.1, 0.15) is 28.9 Å². The van der Waals surface area contributed by atoms with E-state index in [-0.39, 0.29) is 17.7 Å². The number of benzene rings is 1. The van der Waals surface area contributed by atoms with E-state index in [4.69, 9.17) is 5.73 Å². The number of carbonyl (C=O) groups is 1. The second-order valence-corrected chi connectivity index (χ2v) is 6.79. The third-order valence-corrected chi connectivity index (χ3v) is 4.85. The molecule has 3 aromatic rings. The lowest BCUT2D eigenvalue weighted by molar-refractivity contribution is 0.0710. The van der Waals surface area contributed by atoms with Crippen molar-refractivity contribution in [1.82, 2.24) is 20.1 Å². The zero-order valence-electron chi connectivity index (χ0n) is 14.6. The van der Waals surface area contributed by atoms with Gasteiger partial charge >= 0.3 is 0 Å². The fourth-order valence-electron chi connectivity index (χ4n) is 3.50. The molecule has 7 nitrogen and oxygen atoms in total. The molecule has 0 radical (unpaired) electrons. The van der Waals surface area contributed by atoms with Crippen molar-refractivity contribution in [3.05, 3.63) is 41.6 Å². The lowest BCUT2D eigenvalue weighted by Gasteiger charge is -2.31. The highest BCUT2D eigenvalue weighted by molar-refractivity contribution is 6.07. The Kier molecular flexibility index (Phi) is 4.08. The number of amides is 1. The van der Waals surface area contributed by atoms with Crippen molar-refractivity contribution < 1.29 is 9.90 Å². The summed E-state index contributed by atoms with van der Waals surface area (Å²) in [5.74, 6) is 0.142. The fourth-order valence-corrected chi connectivity index (χ4v) is 3.50. The van der Waals surface area contributed by atoms with Crippen LogP contribution in [-0.2, 0) is 0 Å². The van der Waals surface area contributed by atoms with E-state index in [9.17, 15) is 9.90 Å². The summed E-state index contributed by atoms with van der Waals surface area (Å²) in [5, 5.41) is 17.4. The van der Waals surface area contributed by atoms with Gasteiger partial charge in [-0.3, -0.25) is 9.89 Å². The van der Waals surface area contributed by atoms with Crippen molar-refractivity contribution >= 4 is 16.9 Å². The molecule has 0 bridgehead atoms. The van der Waals surface area contributed by atoms with Gasteiger partial charge in [-0.25, -0.2) is 4.98 Å². The molecule has 1 aliphatic rings. The van der Waals surface area contributed by atoms with Crippen molar-refractivity contribution in [3.8, 4) is 17.0 Å². The number of nitrogens with two attached hydrogens (primary N) is 1. The molecular weight excluding hydrogens is 330 g/mol. The Morgan fingerprint density at radius 1 is 1.35 bits per heavy atom. The number of fused-ring (bicyclic) bond motifs is 1. The summed E-state index contributed by atoms with van der Waals surface area (Å²) in [7, 11) is 0.